The molecule has 1 aliphatic rings. The van der Waals surface area contributed by atoms with Crippen molar-refractivity contribution in [2.45, 2.75) is 13.0 Å². The zero-order valence-corrected chi connectivity index (χ0v) is 10.6. The lowest BCUT2D eigenvalue weighted by molar-refractivity contribution is -0.125. The minimum atomic E-state index is -0.807. The van der Waals surface area contributed by atoms with Gasteiger partial charge >= 0.3 is 0 Å². The molecule has 1 aliphatic heterocycles. The van der Waals surface area contributed by atoms with Gasteiger partial charge in [0.2, 0.25) is 5.91 Å². The molecule has 18 heavy (non-hydrogen) atoms. The van der Waals surface area contributed by atoms with Crippen LogP contribution in [0.2, 0.25) is 5.02 Å². The quantitative estimate of drug-likeness (QED) is 0.863. The molecule has 1 aromatic carbocycles. The van der Waals surface area contributed by atoms with Gasteiger partial charge in [0.1, 0.15) is 5.82 Å². The van der Waals surface area contributed by atoms with E-state index in [-0.39, 0.29) is 23.6 Å². The summed E-state index contributed by atoms with van der Waals surface area (Å²) in [4.78, 5) is 12.1. The topological polar surface area (TPSA) is 64.3 Å². The second-order valence-corrected chi connectivity index (χ2v) is 5.09. The van der Waals surface area contributed by atoms with Crippen LogP contribution in [0.15, 0.2) is 18.2 Å². The molecule has 0 radical (unpaired) electrons. The Morgan fingerprint density at radius 2 is 2.33 bits per heavy atom. The van der Waals surface area contributed by atoms with Crippen LogP contribution < -0.4 is 11.1 Å². The van der Waals surface area contributed by atoms with Crippen molar-refractivity contribution in [2.75, 3.05) is 18.5 Å². The van der Waals surface area contributed by atoms with Gasteiger partial charge < -0.3 is 15.8 Å². The summed E-state index contributed by atoms with van der Waals surface area (Å²) in [6.45, 7) is 2.32. The molecule has 6 heteroatoms. The molecule has 0 aromatic heterocycles. The molecule has 4 nitrogen and oxygen atoms in total. The lowest BCUT2D eigenvalue weighted by atomic mass is 9.85. The largest absolute Gasteiger partial charge is 0.379 e. The number of carbonyl (C=O) groups is 1. The van der Waals surface area contributed by atoms with Gasteiger partial charge in [-0.3, -0.25) is 4.79 Å². The second-order valence-electron chi connectivity index (χ2n) is 4.65. The van der Waals surface area contributed by atoms with Crippen molar-refractivity contribution >= 4 is 23.2 Å². The number of nitrogens with two attached hydrogens (primary N) is 1. The summed E-state index contributed by atoms with van der Waals surface area (Å²) in [6.07, 6.45) is 0. The molecule has 0 spiro atoms. The molecule has 1 aromatic rings. The van der Waals surface area contributed by atoms with Crippen molar-refractivity contribution in [3.05, 3.63) is 29.0 Å². The third kappa shape index (κ3) is 2.48. The SMILES string of the molecule is CC1(C(=O)Nc2cc(F)cc(Cl)c2)COCC1N. The summed E-state index contributed by atoms with van der Waals surface area (Å²) in [7, 11) is 0. The number of hydrogen-bond acceptors (Lipinski definition) is 3. The van der Waals surface area contributed by atoms with Gasteiger partial charge in [-0.05, 0) is 25.1 Å². The van der Waals surface area contributed by atoms with Crippen LogP contribution in [0.5, 0.6) is 0 Å². The summed E-state index contributed by atoms with van der Waals surface area (Å²) in [5, 5.41) is 2.84. The number of halogens is 2. The van der Waals surface area contributed by atoms with Gasteiger partial charge in [-0.1, -0.05) is 11.6 Å². The Morgan fingerprint density at radius 1 is 1.61 bits per heavy atom. The first-order chi connectivity index (χ1) is 8.41. The second kappa shape index (κ2) is 4.84. The molecule has 3 N–H and O–H groups in total. The highest BCUT2D eigenvalue weighted by molar-refractivity contribution is 6.30. The van der Waals surface area contributed by atoms with Gasteiger partial charge in [-0.2, -0.15) is 0 Å². The number of ether oxygens (including phenoxy) is 1. The molecule has 0 bridgehead atoms. The number of carbonyl (C=O) groups excluding carboxylic acids is 1. The summed E-state index contributed by atoms with van der Waals surface area (Å²) in [6, 6.07) is 3.48. The van der Waals surface area contributed by atoms with Crippen molar-refractivity contribution in [2.24, 2.45) is 11.1 Å². The Bertz CT molecular complexity index is 463. The number of anilines is 1. The predicted molar refractivity (Wildman–Crippen MR) is 66.9 cm³/mol. The Labute approximate surface area is 109 Å². The maximum Gasteiger partial charge on any atom is 0.234 e. The van der Waals surface area contributed by atoms with E-state index in [0.717, 1.165) is 0 Å². The number of nitrogens with one attached hydrogen (secondary N) is 1. The fourth-order valence-corrected chi connectivity index (χ4v) is 2.04. The summed E-state index contributed by atoms with van der Waals surface area (Å²) >= 11 is 5.72. The normalized spacial score (nSPS) is 27.2. The zero-order valence-electron chi connectivity index (χ0n) is 9.87. The average Bonchev–Trinajstić information content (AvgIpc) is 2.59. The van der Waals surface area contributed by atoms with E-state index in [9.17, 15) is 9.18 Å². The van der Waals surface area contributed by atoms with Crippen LogP contribution in [0.3, 0.4) is 0 Å². The van der Waals surface area contributed by atoms with E-state index in [1.807, 2.05) is 0 Å². The molecular weight excluding hydrogens is 259 g/mol. The van der Waals surface area contributed by atoms with Crippen LogP contribution in [0.25, 0.3) is 0 Å². The van der Waals surface area contributed by atoms with Crippen LogP contribution in [-0.4, -0.2) is 25.2 Å². The summed E-state index contributed by atoms with van der Waals surface area (Å²) in [5.74, 6) is -0.802. The number of benzene rings is 1. The van der Waals surface area contributed by atoms with Crippen LogP contribution in [-0.2, 0) is 9.53 Å². The fraction of sp³-hybridized carbons (Fsp3) is 0.417. The molecule has 1 fully saturated rings. The standard InChI is InChI=1S/C12H14ClFN2O2/c1-12(6-18-5-10(12)15)11(17)16-9-3-7(13)2-8(14)4-9/h2-4,10H,5-6,15H2,1H3,(H,16,17). The van der Waals surface area contributed by atoms with E-state index in [4.69, 9.17) is 22.1 Å². The lowest BCUT2D eigenvalue weighted by Crippen LogP contribution is -2.47. The molecule has 0 saturated carbocycles. The smallest absolute Gasteiger partial charge is 0.234 e. The third-order valence-corrected chi connectivity index (χ3v) is 3.38. The van der Waals surface area contributed by atoms with E-state index >= 15 is 0 Å². The van der Waals surface area contributed by atoms with E-state index in [1.54, 1.807) is 6.92 Å². The monoisotopic (exact) mass is 272 g/mol. The van der Waals surface area contributed by atoms with E-state index < -0.39 is 11.2 Å². The maximum atomic E-state index is 13.1. The van der Waals surface area contributed by atoms with Crippen molar-refractivity contribution in [1.29, 1.82) is 0 Å². The first-order valence-corrected chi connectivity index (χ1v) is 5.90. The van der Waals surface area contributed by atoms with Crippen LogP contribution >= 0.6 is 11.6 Å². The third-order valence-electron chi connectivity index (χ3n) is 3.16. The summed E-state index contributed by atoms with van der Waals surface area (Å²) < 4.78 is 18.3. The lowest BCUT2D eigenvalue weighted by Gasteiger charge is -2.25. The van der Waals surface area contributed by atoms with Gasteiger partial charge in [0, 0.05) is 16.8 Å². The van der Waals surface area contributed by atoms with E-state index in [2.05, 4.69) is 5.32 Å². The molecule has 1 saturated heterocycles. The molecule has 2 atom stereocenters. The van der Waals surface area contributed by atoms with Crippen LogP contribution in [0.4, 0.5) is 10.1 Å². The zero-order chi connectivity index (χ0) is 13.3. The Kier molecular flexibility index (Phi) is 3.56. The predicted octanol–water partition coefficient (Wildman–Crippen LogP) is 1.78. The minimum Gasteiger partial charge on any atom is -0.379 e. The minimum absolute atomic E-state index is 0.224. The summed E-state index contributed by atoms with van der Waals surface area (Å²) in [5.41, 5.74) is 5.35. The van der Waals surface area contributed by atoms with Gasteiger partial charge in [0.15, 0.2) is 0 Å². The van der Waals surface area contributed by atoms with Crippen molar-refractivity contribution in [3.63, 3.8) is 0 Å². The molecular formula is C12H14ClFN2O2. The average molecular weight is 273 g/mol. The Balaban J connectivity index is 2.16. The molecule has 0 aliphatic carbocycles. The first-order valence-electron chi connectivity index (χ1n) is 5.53. The van der Waals surface area contributed by atoms with Crippen molar-refractivity contribution in [3.8, 4) is 0 Å². The molecule has 2 unspecified atom stereocenters. The van der Waals surface area contributed by atoms with E-state index in [1.165, 1.54) is 18.2 Å². The van der Waals surface area contributed by atoms with Gasteiger partial charge in [0.05, 0.1) is 18.6 Å². The van der Waals surface area contributed by atoms with Crippen LogP contribution in [0.1, 0.15) is 6.92 Å². The van der Waals surface area contributed by atoms with Crippen molar-refractivity contribution < 1.29 is 13.9 Å². The van der Waals surface area contributed by atoms with Gasteiger partial charge in [-0.25, -0.2) is 4.39 Å². The number of hydrogen-bond donors (Lipinski definition) is 2. The molecule has 2 rings (SSSR count). The first kappa shape index (κ1) is 13.3. The highest BCUT2D eigenvalue weighted by atomic mass is 35.5. The van der Waals surface area contributed by atoms with Crippen LogP contribution in [0, 0.1) is 11.2 Å². The maximum absolute atomic E-state index is 13.1. The Hall–Kier alpha value is -1.17. The fourth-order valence-electron chi connectivity index (χ4n) is 1.82. The Morgan fingerprint density at radius 3 is 2.89 bits per heavy atom. The van der Waals surface area contributed by atoms with Gasteiger partial charge in [-0.15, -0.1) is 0 Å². The van der Waals surface area contributed by atoms with E-state index in [0.29, 0.717) is 12.3 Å². The van der Waals surface area contributed by atoms with Crippen molar-refractivity contribution in [1.82, 2.24) is 0 Å². The number of rotatable bonds is 2. The number of amides is 1. The molecule has 1 heterocycles. The highest BCUT2D eigenvalue weighted by Gasteiger charge is 2.44. The van der Waals surface area contributed by atoms with Gasteiger partial charge in [0.25, 0.3) is 0 Å². The molecule has 1 amide bonds. The highest BCUT2D eigenvalue weighted by Crippen LogP contribution is 2.29. The molecule has 98 valence electrons.